The van der Waals surface area contributed by atoms with E-state index in [1.807, 2.05) is 23.3 Å². The fourth-order valence-electron chi connectivity index (χ4n) is 2.05. The van der Waals surface area contributed by atoms with Crippen molar-refractivity contribution in [3.8, 4) is 0 Å². The molecule has 0 aliphatic heterocycles. The van der Waals surface area contributed by atoms with E-state index in [9.17, 15) is 0 Å². The molecule has 0 amide bonds. The first-order valence-electron chi connectivity index (χ1n) is 6.84. The first-order chi connectivity index (χ1) is 9.10. The lowest BCUT2D eigenvalue weighted by molar-refractivity contribution is 0.471. The number of hydrogen-bond acceptors (Lipinski definition) is 3. The molecule has 1 unspecified atom stereocenters. The van der Waals surface area contributed by atoms with Crippen LogP contribution in [0.1, 0.15) is 43.3 Å². The molecule has 1 atom stereocenters. The molecule has 2 aromatic rings. The van der Waals surface area contributed by atoms with Gasteiger partial charge in [0.25, 0.3) is 0 Å². The van der Waals surface area contributed by atoms with Gasteiger partial charge in [0, 0.05) is 44.1 Å². The number of hydrogen-bond donors (Lipinski definition) is 1. The molecule has 19 heavy (non-hydrogen) atoms. The fourth-order valence-corrected chi connectivity index (χ4v) is 2.05. The molecular weight excluding hydrogens is 238 g/mol. The van der Waals surface area contributed by atoms with Crippen LogP contribution in [0.15, 0.2) is 18.5 Å². The number of aromatic nitrogens is 4. The van der Waals surface area contributed by atoms with Gasteiger partial charge in [-0.05, 0) is 26.3 Å². The van der Waals surface area contributed by atoms with E-state index in [1.165, 1.54) is 5.56 Å². The topological polar surface area (TPSA) is 47.7 Å². The van der Waals surface area contributed by atoms with Gasteiger partial charge in [0.2, 0.25) is 0 Å². The molecule has 0 spiro atoms. The van der Waals surface area contributed by atoms with Gasteiger partial charge in [-0.2, -0.15) is 10.2 Å². The Kier molecular flexibility index (Phi) is 4.37. The van der Waals surface area contributed by atoms with Crippen LogP contribution in [0.4, 0.5) is 0 Å². The van der Waals surface area contributed by atoms with Crippen molar-refractivity contribution in [3.63, 3.8) is 0 Å². The van der Waals surface area contributed by atoms with Gasteiger partial charge in [0.1, 0.15) is 0 Å². The zero-order valence-corrected chi connectivity index (χ0v) is 12.2. The molecule has 0 saturated carbocycles. The van der Waals surface area contributed by atoms with Crippen LogP contribution in [0.5, 0.6) is 0 Å². The minimum atomic E-state index is 0.467. The van der Waals surface area contributed by atoms with E-state index in [0.29, 0.717) is 6.04 Å². The number of nitrogens with one attached hydrogen (secondary N) is 1. The van der Waals surface area contributed by atoms with Crippen molar-refractivity contribution in [3.05, 3.63) is 35.4 Å². The summed E-state index contributed by atoms with van der Waals surface area (Å²) in [6.07, 6.45) is 5.21. The highest BCUT2D eigenvalue weighted by molar-refractivity contribution is 5.15. The van der Waals surface area contributed by atoms with Gasteiger partial charge >= 0.3 is 0 Å². The SMILES string of the molecule is CCC(C)n1ccc(CNCc2cn(C)nc2C)n1. The third-order valence-corrected chi connectivity index (χ3v) is 3.44. The lowest BCUT2D eigenvalue weighted by atomic mass is 10.2. The van der Waals surface area contributed by atoms with Crippen molar-refractivity contribution < 1.29 is 0 Å². The van der Waals surface area contributed by atoms with E-state index in [1.54, 1.807) is 0 Å². The monoisotopic (exact) mass is 261 g/mol. The highest BCUT2D eigenvalue weighted by Gasteiger charge is 2.05. The maximum Gasteiger partial charge on any atom is 0.0762 e. The Hall–Kier alpha value is -1.62. The number of nitrogens with zero attached hydrogens (tertiary/aromatic N) is 4. The molecule has 0 fully saturated rings. The maximum absolute atomic E-state index is 4.57. The highest BCUT2D eigenvalue weighted by atomic mass is 15.3. The van der Waals surface area contributed by atoms with E-state index >= 15 is 0 Å². The summed E-state index contributed by atoms with van der Waals surface area (Å²) in [5.74, 6) is 0. The summed E-state index contributed by atoms with van der Waals surface area (Å²) in [5.41, 5.74) is 3.41. The summed E-state index contributed by atoms with van der Waals surface area (Å²) >= 11 is 0. The second kappa shape index (κ2) is 6.02. The number of aryl methyl sites for hydroxylation is 2. The molecule has 2 aromatic heterocycles. The smallest absolute Gasteiger partial charge is 0.0762 e. The van der Waals surface area contributed by atoms with Gasteiger partial charge in [-0.25, -0.2) is 0 Å². The summed E-state index contributed by atoms with van der Waals surface area (Å²) in [5, 5.41) is 12.3. The third kappa shape index (κ3) is 3.44. The quantitative estimate of drug-likeness (QED) is 0.867. The third-order valence-electron chi connectivity index (χ3n) is 3.44. The molecule has 0 radical (unpaired) electrons. The molecule has 0 aromatic carbocycles. The minimum Gasteiger partial charge on any atom is -0.307 e. The molecule has 104 valence electrons. The summed E-state index contributed by atoms with van der Waals surface area (Å²) < 4.78 is 3.89. The van der Waals surface area contributed by atoms with Gasteiger partial charge in [0.15, 0.2) is 0 Å². The van der Waals surface area contributed by atoms with Crippen LogP contribution in [0.2, 0.25) is 0 Å². The normalized spacial score (nSPS) is 12.8. The molecule has 5 heteroatoms. The summed E-state index contributed by atoms with van der Waals surface area (Å²) in [6, 6.07) is 2.55. The molecule has 5 nitrogen and oxygen atoms in total. The first kappa shape index (κ1) is 13.8. The second-order valence-electron chi connectivity index (χ2n) is 5.06. The molecule has 0 bridgehead atoms. The van der Waals surface area contributed by atoms with Gasteiger partial charge in [-0.1, -0.05) is 6.92 Å². The summed E-state index contributed by atoms with van der Waals surface area (Å²) in [7, 11) is 1.95. The molecular formula is C14H23N5. The Bertz CT molecular complexity index is 526. The maximum atomic E-state index is 4.57. The van der Waals surface area contributed by atoms with E-state index in [4.69, 9.17) is 0 Å². The molecule has 2 rings (SSSR count). The van der Waals surface area contributed by atoms with E-state index in [-0.39, 0.29) is 0 Å². The first-order valence-corrected chi connectivity index (χ1v) is 6.84. The zero-order valence-electron chi connectivity index (χ0n) is 12.2. The lowest BCUT2D eigenvalue weighted by Gasteiger charge is -2.08. The largest absolute Gasteiger partial charge is 0.307 e. The molecule has 0 saturated heterocycles. The average Bonchev–Trinajstić information content (AvgIpc) is 2.96. The van der Waals surface area contributed by atoms with Crippen LogP contribution in [-0.4, -0.2) is 19.6 Å². The summed E-state index contributed by atoms with van der Waals surface area (Å²) in [6.45, 7) is 8.01. The van der Waals surface area contributed by atoms with Crippen molar-refractivity contribution >= 4 is 0 Å². The van der Waals surface area contributed by atoms with Crippen molar-refractivity contribution in [1.29, 1.82) is 0 Å². The number of rotatable bonds is 6. The molecule has 2 heterocycles. The van der Waals surface area contributed by atoms with Gasteiger partial charge in [-0.3, -0.25) is 9.36 Å². The van der Waals surface area contributed by atoms with Gasteiger partial charge < -0.3 is 5.32 Å². The van der Waals surface area contributed by atoms with E-state index in [2.05, 4.69) is 47.8 Å². The fraction of sp³-hybridized carbons (Fsp3) is 0.571. The second-order valence-corrected chi connectivity index (χ2v) is 5.06. The van der Waals surface area contributed by atoms with Crippen LogP contribution < -0.4 is 5.32 Å². The Morgan fingerprint density at radius 2 is 2.11 bits per heavy atom. The van der Waals surface area contributed by atoms with Gasteiger partial charge in [-0.15, -0.1) is 0 Å². The van der Waals surface area contributed by atoms with Crippen LogP contribution in [0.25, 0.3) is 0 Å². The molecule has 1 N–H and O–H groups in total. The Labute approximate surface area is 114 Å². The van der Waals surface area contributed by atoms with Gasteiger partial charge in [0.05, 0.1) is 11.4 Å². The van der Waals surface area contributed by atoms with E-state index in [0.717, 1.165) is 30.9 Å². The van der Waals surface area contributed by atoms with Crippen LogP contribution in [0, 0.1) is 6.92 Å². The zero-order chi connectivity index (χ0) is 13.8. The summed E-state index contributed by atoms with van der Waals surface area (Å²) in [4.78, 5) is 0. The molecule has 0 aliphatic carbocycles. The van der Waals surface area contributed by atoms with Crippen LogP contribution >= 0.6 is 0 Å². The predicted molar refractivity (Wildman–Crippen MR) is 75.7 cm³/mol. The van der Waals surface area contributed by atoms with Crippen LogP contribution in [-0.2, 0) is 20.1 Å². The standard InChI is InChI=1S/C14H23N5/c1-5-11(2)19-7-6-14(17-19)9-15-8-13-10-18(4)16-12(13)3/h6-7,10-11,15H,5,8-9H2,1-4H3. The highest BCUT2D eigenvalue weighted by Crippen LogP contribution is 2.09. The van der Waals surface area contributed by atoms with Crippen molar-refractivity contribution in [2.75, 3.05) is 0 Å². The van der Waals surface area contributed by atoms with Crippen molar-refractivity contribution in [1.82, 2.24) is 24.9 Å². The van der Waals surface area contributed by atoms with E-state index < -0.39 is 0 Å². The Balaban J connectivity index is 1.86. The van der Waals surface area contributed by atoms with Crippen LogP contribution in [0.3, 0.4) is 0 Å². The Morgan fingerprint density at radius 3 is 2.74 bits per heavy atom. The van der Waals surface area contributed by atoms with Crippen molar-refractivity contribution in [2.24, 2.45) is 7.05 Å². The minimum absolute atomic E-state index is 0.467. The average molecular weight is 261 g/mol. The lowest BCUT2D eigenvalue weighted by Crippen LogP contribution is -2.14. The Morgan fingerprint density at radius 1 is 1.32 bits per heavy atom. The molecule has 0 aliphatic rings. The van der Waals surface area contributed by atoms with Crippen molar-refractivity contribution in [2.45, 2.75) is 46.3 Å². The predicted octanol–water partition coefficient (Wildman–Crippen LogP) is 2.19.